The van der Waals surface area contributed by atoms with E-state index in [1.54, 1.807) is 24.3 Å². The van der Waals surface area contributed by atoms with E-state index in [1.807, 2.05) is 0 Å². The molecule has 4 aromatic rings. The van der Waals surface area contributed by atoms with Crippen molar-refractivity contribution in [2.45, 2.75) is 12.5 Å². The van der Waals surface area contributed by atoms with Crippen LogP contribution in [0.15, 0.2) is 71.8 Å². The molecule has 4 rings (SSSR count). The van der Waals surface area contributed by atoms with Crippen molar-refractivity contribution < 1.29 is 31.1 Å². The number of rotatable bonds is 9. The molecule has 0 radical (unpaired) electrons. The molecule has 0 aliphatic carbocycles. The van der Waals surface area contributed by atoms with Crippen molar-refractivity contribution in [1.82, 2.24) is 15.0 Å². The highest BCUT2D eigenvalue weighted by atomic mass is 35.5. The summed E-state index contributed by atoms with van der Waals surface area (Å²) >= 11 is 5.89. The highest BCUT2D eigenvalue weighted by molar-refractivity contribution is 6.30. The van der Waals surface area contributed by atoms with Crippen molar-refractivity contribution in [2.24, 2.45) is 5.10 Å². The number of benzene rings is 3. The fourth-order valence-electron chi connectivity index (χ4n) is 2.96. The first-order valence-electron chi connectivity index (χ1n) is 10.6. The first-order chi connectivity index (χ1) is 18.1. The Morgan fingerprint density at radius 2 is 1.50 bits per heavy atom. The van der Waals surface area contributed by atoms with Gasteiger partial charge in [-0.05, 0) is 66.2 Å². The molecule has 0 aliphatic rings. The van der Waals surface area contributed by atoms with Gasteiger partial charge >= 0.3 is 12.5 Å². The van der Waals surface area contributed by atoms with E-state index in [0.717, 1.165) is 24.3 Å². The molecule has 0 bridgehead atoms. The molecule has 196 valence electrons. The molecule has 1 aromatic heterocycles. The van der Waals surface area contributed by atoms with Gasteiger partial charge < -0.3 is 10.1 Å². The summed E-state index contributed by atoms with van der Waals surface area (Å²) in [5.41, 5.74) is 2.89. The molecular weight excluding hydrogens is 538 g/mol. The predicted molar refractivity (Wildman–Crippen MR) is 129 cm³/mol. The largest absolute Gasteiger partial charge is 0.461 e. The standard InChI is InChI=1S/C24H15ClF6N6O/c25-14-6-8-15(9-7-14)33-22-34-20(19-17(26)2-1-3-18(19)27)35-23(36-22)37-32-12-13-4-10-16(11-5-13)38-24(30,31)21(28)29/h1-12,21H,(H2,33,34,35,36,37)/b32-12+. The zero-order chi connectivity index (χ0) is 27.3. The minimum Gasteiger partial charge on any atom is -0.428 e. The zero-order valence-electron chi connectivity index (χ0n) is 18.8. The molecule has 0 aliphatic heterocycles. The summed E-state index contributed by atoms with van der Waals surface area (Å²) < 4.78 is 83.4. The summed E-state index contributed by atoms with van der Waals surface area (Å²) in [6.07, 6.45) is -7.40. The topological polar surface area (TPSA) is 84.3 Å². The number of hydrogen-bond acceptors (Lipinski definition) is 7. The lowest BCUT2D eigenvalue weighted by Crippen LogP contribution is -2.33. The third-order valence-corrected chi connectivity index (χ3v) is 4.94. The number of ether oxygens (including phenoxy) is 1. The minimum atomic E-state index is -4.64. The molecule has 0 saturated heterocycles. The van der Waals surface area contributed by atoms with Crippen LogP contribution in [0.4, 0.5) is 43.9 Å². The molecule has 3 aromatic carbocycles. The first-order valence-corrected chi connectivity index (χ1v) is 11.0. The highest BCUT2D eigenvalue weighted by Crippen LogP contribution is 2.28. The fourth-order valence-corrected chi connectivity index (χ4v) is 3.08. The van der Waals surface area contributed by atoms with Gasteiger partial charge in [0.05, 0.1) is 11.8 Å². The molecule has 14 heteroatoms. The monoisotopic (exact) mass is 552 g/mol. The lowest BCUT2D eigenvalue weighted by atomic mass is 10.2. The molecule has 7 nitrogen and oxygen atoms in total. The second kappa shape index (κ2) is 11.3. The number of hydrazone groups is 1. The zero-order valence-corrected chi connectivity index (χ0v) is 19.6. The Balaban J connectivity index is 1.57. The Morgan fingerprint density at radius 3 is 2.13 bits per heavy atom. The van der Waals surface area contributed by atoms with Gasteiger partial charge in [-0.15, -0.1) is 0 Å². The van der Waals surface area contributed by atoms with E-state index in [2.05, 4.69) is 35.5 Å². The van der Waals surface area contributed by atoms with Crippen LogP contribution in [0.25, 0.3) is 11.4 Å². The molecule has 0 spiro atoms. The minimum absolute atomic E-state index is 0.0702. The highest BCUT2D eigenvalue weighted by Gasteiger charge is 2.43. The Kier molecular flexibility index (Phi) is 7.96. The molecular formula is C24H15ClF6N6O. The van der Waals surface area contributed by atoms with Crippen molar-refractivity contribution in [3.63, 3.8) is 0 Å². The predicted octanol–water partition coefficient (Wildman–Crippen LogP) is 6.90. The van der Waals surface area contributed by atoms with Crippen LogP contribution in [0, 0.1) is 11.6 Å². The average Bonchev–Trinajstić information content (AvgIpc) is 2.86. The van der Waals surface area contributed by atoms with Gasteiger partial charge in [-0.25, -0.2) is 14.2 Å². The quantitative estimate of drug-likeness (QED) is 0.134. The molecule has 1 heterocycles. The molecule has 0 atom stereocenters. The van der Waals surface area contributed by atoms with E-state index in [9.17, 15) is 26.3 Å². The van der Waals surface area contributed by atoms with E-state index in [1.165, 1.54) is 24.4 Å². The van der Waals surface area contributed by atoms with Crippen LogP contribution in [-0.2, 0) is 0 Å². The second-order valence-electron chi connectivity index (χ2n) is 7.44. The summed E-state index contributed by atoms with van der Waals surface area (Å²) in [6.45, 7) is 0. The maximum atomic E-state index is 14.4. The van der Waals surface area contributed by atoms with Crippen LogP contribution >= 0.6 is 11.6 Å². The molecule has 0 unspecified atom stereocenters. The van der Waals surface area contributed by atoms with E-state index in [-0.39, 0.29) is 17.7 Å². The third kappa shape index (κ3) is 6.68. The molecule has 0 amide bonds. The molecule has 2 N–H and O–H groups in total. The Labute approximate surface area is 216 Å². The normalized spacial score (nSPS) is 11.7. The van der Waals surface area contributed by atoms with E-state index >= 15 is 0 Å². The van der Waals surface area contributed by atoms with Gasteiger partial charge in [-0.3, -0.25) is 0 Å². The van der Waals surface area contributed by atoms with E-state index < -0.39 is 35.5 Å². The molecule has 38 heavy (non-hydrogen) atoms. The Morgan fingerprint density at radius 1 is 0.868 bits per heavy atom. The maximum absolute atomic E-state index is 14.4. The Bertz CT molecular complexity index is 1420. The summed E-state index contributed by atoms with van der Waals surface area (Å²) in [5, 5.41) is 7.27. The van der Waals surface area contributed by atoms with E-state index in [4.69, 9.17) is 11.6 Å². The number of hydrogen-bond donors (Lipinski definition) is 2. The van der Waals surface area contributed by atoms with Gasteiger partial charge in [-0.1, -0.05) is 17.7 Å². The van der Waals surface area contributed by atoms with Crippen LogP contribution in [0.5, 0.6) is 5.75 Å². The molecule has 0 saturated carbocycles. The summed E-state index contributed by atoms with van der Waals surface area (Å²) in [6, 6.07) is 14.4. The smallest absolute Gasteiger partial charge is 0.428 e. The van der Waals surface area contributed by atoms with Crippen molar-refractivity contribution in [1.29, 1.82) is 0 Å². The first kappa shape index (κ1) is 26.7. The summed E-state index contributed by atoms with van der Waals surface area (Å²) in [5.74, 6) is -2.87. The second-order valence-corrected chi connectivity index (χ2v) is 7.87. The number of nitrogens with zero attached hydrogens (tertiary/aromatic N) is 4. The Hall–Kier alpha value is -4.39. The van der Waals surface area contributed by atoms with Crippen molar-refractivity contribution in [2.75, 3.05) is 10.7 Å². The average molecular weight is 553 g/mol. The summed E-state index contributed by atoms with van der Waals surface area (Å²) in [4.78, 5) is 12.2. The van der Waals surface area contributed by atoms with Gasteiger partial charge in [0, 0.05) is 10.7 Å². The van der Waals surface area contributed by atoms with Crippen LogP contribution in [0.1, 0.15) is 5.56 Å². The van der Waals surface area contributed by atoms with Crippen LogP contribution < -0.4 is 15.5 Å². The van der Waals surface area contributed by atoms with Crippen LogP contribution in [0.2, 0.25) is 5.02 Å². The lowest BCUT2D eigenvalue weighted by molar-refractivity contribution is -0.253. The summed E-state index contributed by atoms with van der Waals surface area (Å²) in [7, 11) is 0. The van der Waals surface area contributed by atoms with Gasteiger partial charge in [0.1, 0.15) is 17.4 Å². The number of nitrogens with one attached hydrogen (secondary N) is 2. The number of halogens is 7. The molecule has 0 fully saturated rings. The van der Waals surface area contributed by atoms with E-state index in [0.29, 0.717) is 16.3 Å². The number of anilines is 3. The number of alkyl halides is 4. The lowest BCUT2D eigenvalue weighted by Gasteiger charge is -2.16. The van der Waals surface area contributed by atoms with Crippen LogP contribution in [-0.4, -0.2) is 33.7 Å². The van der Waals surface area contributed by atoms with Crippen molar-refractivity contribution in [3.05, 3.63) is 89.0 Å². The van der Waals surface area contributed by atoms with Crippen molar-refractivity contribution in [3.8, 4) is 17.1 Å². The fraction of sp³-hybridized carbons (Fsp3) is 0.0833. The maximum Gasteiger partial charge on any atom is 0.461 e. The SMILES string of the molecule is Fc1cccc(F)c1-c1nc(N/N=C/c2ccc(OC(F)(F)C(F)F)cc2)nc(Nc2ccc(Cl)cc2)n1. The number of aromatic nitrogens is 3. The van der Waals surface area contributed by atoms with Gasteiger partial charge in [0.2, 0.25) is 11.9 Å². The third-order valence-electron chi connectivity index (χ3n) is 4.69. The van der Waals surface area contributed by atoms with Gasteiger partial charge in [-0.2, -0.15) is 37.6 Å². The van der Waals surface area contributed by atoms with Gasteiger partial charge in [0.15, 0.2) is 5.82 Å². The van der Waals surface area contributed by atoms with Gasteiger partial charge in [0.25, 0.3) is 0 Å². The van der Waals surface area contributed by atoms with Crippen LogP contribution in [0.3, 0.4) is 0 Å². The van der Waals surface area contributed by atoms with Crippen molar-refractivity contribution >= 4 is 35.4 Å².